The molecule has 1 amide bonds. The Hall–Kier alpha value is -2.73. The fraction of sp³-hybridized carbons (Fsp3) is 0.200. The molecule has 1 N–H and O–H groups in total. The molecule has 6 heteroatoms. The lowest BCUT2D eigenvalue weighted by atomic mass is 10.1. The second-order valence-corrected chi connectivity index (χ2v) is 7.22. The Morgan fingerprint density at radius 3 is 2.96 bits per heavy atom. The van der Waals surface area contributed by atoms with E-state index in [1.165, 1.54) is 11.6 Å². The van der Waals surface area contributed by atoms with Gasteiger partial charge in [-0.15, -0.1) is 0 Å². The zero-order valence-corrected chi connectivity index (χ0v) is 15.5. The minimum absolute atomic E-state index is 0.201. The number of nitrogens with zero attached hydrogens (tertiary/aromatic N) is 2. The molecular formula is C20H19N3O2S. The predicted octanol–water partition coefficient (Wildman–Crippen LogP) is 4.48. The number of carbonyl (C=O) groups is 1. The molecule has 3 aromatic rings. The van der Waals surface area contributed by atoms with Crippen molar-refractivity contribution in [2.75, 3.05) is 5.32 Å². The molecule has 0 saturated heterocycles. The number of nitrogens with one attached hydrogen (secondary N) is 1. The molecular weight excluding hydrogens is 346 g/mol. The first kappa shape index (κ1) is 16.7. The molecule has 1 aliphatic rings. The molecule has 0 spiro atoms. The summed E-state index contributed by atoms with van der Waals surface area (Å²) in [6, 6.07) is 9.72. The lowest BCUT2D eigenvalue weighted by Crippen LogP contribution is -2.14. The summed E-state index contributed by atoms with van der Waals surface area (Å²) in [5, 5.41) is 7.78. The number of furan rings is 1. The quantitative estimate of drug-likeness (QED) is 0.693. The Morgan fingerprint density at radius 1 is 1.27 bits per heavy atom. The minimum Gasteiger partial charge on any atom is -0.465 e. The van der Waals surface area contributed by atoms with E-state index in [-0.39, 0.29) is 5.91 Å². The van der Waals surface area contributed by atoms with E-state index >= 15 is 0 Å². The van der Waals surface area contributed by atoms with Crippen LogP contribution in [0.4, 0.5) is 5.82 Å². The summed E-state index contributed by atoms with van der Waals surface area (Å²) < 4.78 is 7.09. The van der Waals surface area contributed by atoms with Crippen LogP contribution in [0.1, 0.15) is 28.1 Å². The first-order valence-corrected chi connectivity index (χ1v) is 9.56. The maximum Gasteiger partial charge on any atom is 0.249 e. The highest BCUT2D eigenvalue weighted by atomic mass is 32.2. The number of carbonyl (C=O) groups excluding carboxylic acids is 1. The van der Waals surface area contributed by atoms with E-state index in [0.29, 0.717) is 5.76 Å². The van der Waals surface area contributed by atoms with Crippen molar-refractivity contribution >= 4 is 29.6 Å². The molecule has 0 saturated carbocycles. The van der Waals surface area contributed by atoms with E-state index in [9.17, 15) is 4.79 Å². The summed E-state index contributed by atoms with van der Waals surface area (Å²) in [5.74, 6) is 2.93. The first-order chi connectivity index (χ1) is 12.6. The number of anilines is 1. The van der Waals surface area contributed by atoms with Crippen LogP contribution in [0, 0.1) is 13.8 Å². The van der Waals surface area contributed by atoms with Crippen LogP contribution in [0.5, 0.6) is 0 Å². The highest BCUT2D eigenvalue weighted by Gasteiger charge is 2.25. The van der Waals surface area contributed by atoms with Gasteiger partial charge < -0.3 is 9.73 Å². The van der Waals surface area contributed by atoms with Crippen LogP contribution >= 0.6 is 11.8 Å². The van der Waals surface area contributed by atoms with Gasteiger partial charge in [-0.3, -0.25) is 4.79 Å². The highest BCUT2D eigenvalue weighted by molar-refractivity contribution is 7.98. The van der Waals surface area contributed by atoms with Gasteiger partial charge in [0.1, 0.15) is 11.6 Å². The fourth-order valence-electron chi connectivity index (χ4n) is 2.98. The monoisotopic (exact) mass is 365 g/mol. The molecule has 132 valence electrons. The SMILES string of the molecule is Cc1cccc(-n2nc3c(c2NC(=O)/C=C/c2ccco2)CSC3)c1C. The van der Waals surface area contributed by atoms with Gasteiger partial charge in [0.2, 0.25) is 5.91 Å². The zero-order chi connectivity index (χ0) is 18.1. The number of aryl methyl sites for hydroxylation is 1. The first-order valence-electron chi connectivity index (χ1n) is 8.41. The van der Waals surface area contributed by atoms with Gasteiger partial charge >= 0.3 is 0 Å². The summed E-state index contributed by atoms with van der Waals surface area (Å²) in [5.41, 5.74) is 5.50. The van der Waals surface area contributed by atoms with Crippen molar-refractivity contribution in [3.63, 3.8) is 0 Å². The number of hydrogen-bond acceptors (Lipinski definition) is 4. The molecule has 1 aliphatic heterocycles. The van der Waals surface area contributed by atoms with Crippen molar-refractivity contribution in [3.8, 4) is 5.69 Å². The van der Waals surface area contributed by atoms with Crippen LogP contribution in [0.2, 0.25) is 0 Å². The molecule has 0 unspecified atom stereocenters. The van der Waals surface area contributed by atoms with Gasteiger partial charge in [0.25, 0.3) is 0 Å². The van der Waals surface area contributed by atoms with E-state index in [4.69, 9.17) is 9.52 Å². The Labute approximate surface area is 156 Å². The average Bonchev–Trinajstić information content (AvgIpc) is 3.35. The lowest BCUT2D eigenvalue weighted by Gasteiger charge is -2.13. The minimum atomic E-state index is -0.201. The second kappa shape index (κ2) is 6.88. The summed E-state index contributed by atoms with van der Waals surface area (Å²) in [7, 11) is 0. The topological polar surface area (TPSA) is 60.1 Å². The van der Waals surface area contributed by atoms with E-state index in [1.54, 1.807) is 24.5 Å². The Bertz CT molecular complexity index is 987. The number of hydrogen-bond donors (Lipinski definition) is 1. The van der Waals surface area contributed by atoms with Gasteiger partial charge in [-0.1, -0.05) is 12.1 Å². The number of aromatic nitrogens is 2. The zero-order valence-electron chi connectivity index (χ0n) is 14.7. The third kappa shape index (κ3) is 3.08. The molecule has 0 fully saturated rings. The van der Waals surface area contributed by atoms with Gasteiger partial charge in [0, 0.05) is 23.1 Å². The fourth-order valence-corrected chi connectivity index (χ4v) is 4.02. The summed E-state index contributed by atoms with van der Waals surface area (Å²) >= 11 is 1.81. The number of amides is 1. The van der Waals surface area contributed by atoms with Gasteiger partial charge in [-0.05, 0) is 49.2 Å². The summed E-state index contributed by atoms with van der Waals surface area (Å²) in [6.07, 6.45) is 4.72. The van der Waals surface area contributed by atoms with Gasteiger partial charge in [-0.25, -0.2) is 4.68 Å². The van der Waals surface area contributed by atoms with Gasteiger partial charge in [0.15, 0.2) is 0 Å². The van der Waals surface area contributed by atoms with Crippen molar-refractivity contribution in [3.05, 3.63) is 70.8 Å². The van der Waals surface area contributed by atoms with Crippen LogP contribution in [0.15, 0.2) is 47.1 Å². The third-order valence-corrected chi connectivity index (χ3v) is 5.51. The summed E-state index contributed by atoms with van der Waals surface area (Å²) in [6.45, 7) is 4.16. The van der Waals surface area contributed by atoms with E-state index in [1.807, 2.05) is 28.6 Å². The number of fused-ring (bicyclic) bond motifs is 1. The molecule has 3 heterocycles. The van der Waals surface area contributed by atoms with Crippen molar-refractivity contribution in [1.29, 1.82) is 0 Å². The lowest BCUT2D eigenvalue weighted by molar-refractivity contribution is -0.111. The van der Waals surface area contributed by atoms with E-state index in [0.717, 1.165) is 39.8 Å². The van der Waals surface area contributed by atoms with Crippen LogP contribution in [0.25, 0.3) is 11.8 Å². The maximum atomic E-state index is 12.5. The predicted molar refractivity (Wildman–Crippen MR) is 104 cm³/mol. The molecule has 1 aromatic carbocycles. The normalized spacial score (nSPS) is 13.3. The number of thioether (sulfide) groups is 1. The van der Waals surface area contributed by atoms with Crippen LogP contribution in [-0.2, 0) is 16.3 Å². The van der Waals surface area contributed by atoms with Crippen LogP contribution in [0.3, 0.4) is 0 Å². The molecule has 0 radical (unpaired) electrons. The van der Waals surface area contributed by atoms with Gasteiger partial charge in [0.05, 0.1) is 17.6 Å². The van der Waals surface area contributed by atoms with Crippen LogP contribution in [-0.4, -0.2) is 15.7 Å². The van der Waals surface area contributed by atoms with Gasteiger partial charge in [-0.2, -0.15) is 16.9 Å². The Balaban J connectivity index is 1.69. The van der Waals surface area contributed by atoms with Crippen LogP contribution < -0.4 is 5.32 Å². The highest BCUT2D eigenvalue weighted by Crippen LogP contribution is 2.36. The second-order valence-electron chi connectivity index (χ2n) is 6.24. The van der Waals surface area contributed by atoms with Crippen molar-refractivity contribution < 1.29 is 9.21 Å². The number of benzene rings is 1. The molecule has 5 nitrogen and oxygen atoms in total. The Morgan fingerprint density at radius 2 is 2.15 bits per heavy atom. The molecule has 2 aromatic heterocycles. The van der Waals surface area contributed by atoms with E-state index in [2.05, 4.69) is 25.2 Å². The average molecular weight is 365 g/mol. The smallest absolute Gasteiger partial charge is 0.249 e. The van der Waals surface area contributed by atoms with E-state index < -0.39 is 0 Å². The standard InChI is InChI=1S/C20H19N3O2S/c1-13-5-3-7-18(14(13)2)23-20(16-11-26-12-17(16)22-23)21-19(24)9-8-15-6-4-10-25-15/h3-10H,11-12H2,1-2H3,(H,21,24)/b9-8+. The van der Waals surface area contributed by atoms with Crippen molar-refractivity contribution in [2.45, 2.75) is 25.4 Å². The number of rotatable bonds is 4. The maximum absolute atomic E-state index is 12.5. The molecule has 4 rings (SSSR count). The molecule has 0 bridgehead atoms. The largest absolute Gasteiger partial charge is 0.465 e. The summed E-state index contributed by atoms with van der Waals surface area (Å²) in [4.78, 5) is 12.5. The van der Waals surface area contributed by atoms with Crippen molar-refractivity contribution in [1.82, 2.24) is 9.78 Å². The molecule has 0 atom stereocenters. The van der Waals surface area contributed by atoms with Crippen molar-refractivity contribution in [2.24, 2.45) is 0 Å². The Kier molecular flexibility index (Phi) is 4.42. The molecule has 0 aliphatic carbocycles. The third-order valence-electron chi connectivity index (χ3n) is 4.54. The molecule has 26 heavy (non-hydrogen) atoms.